The number of amides is 2. The van der Waals surface area contributed by atoms with E-state index < -0.39 is 6.04 Å². The summed E-state index contributed by atoms with van der Waals surface area (Å²) in [6.07, 6.45) is 0.848. The van der Waals surface area contributed by atoms with Crippen molar-refractivity contribution in [2.45, 2.75) is 46.7 Å². The van der Waals surface area contributed by atoms with Crippen molar-refractivity contribution in [2.75, 3.05) is 13.2 Å². The maximum atomic E-state index is 13.0. The van der Waals surface area contributed by atoms with Gasteiger partial charge in [-0.25, -0.2) is 0 Å². The predicted molar refractivity (Wildman–Crippen MR) is 111 cm³/mol. The molecular weight excluding hydrogens is 352 g/mol. The Hall–Kier alpha value is -2.82. The van der Waals surface area contributed by atoms with Gasteiger partial charge in [0.15, 0.2) is 6.61 Å². The highest BCUT2D eigenvalue weighted by molar-refractivity contribution is 5.87. The summed E-state index contributed by atoms with van der Waals surface area (Å²) < 4.78 is 5.79. The van der Waals surface area contributed by atoms with Crippen LogP contribution in [0.15, 0.2) is 48.5 Å². The van der Waals surface area contributed by atoms with Gasteiger partial charge in [0, 0.05) is 13.1 Å². The molecule has 0 spiro atoms. The van der Waals surface area contributed by atoms with Crippen molar-refractivity contribution in [3.8, 4) is 5.75 Å². The fraction of sp³-hybridized carbons (Fsp3) is 0.391. The number of ether oxygens (including phenoxy) is 1. The van der Waals surface area contributed by atoms with Gasteiger partial charge in [0.05, 0.1) is 0 Å². The normalized spacial score (nSPS) is 11.6. The smallest absolute Gasteiger partial charge is 0.261 e. The molecule has 0 unspecified atom stereocenters. The average molecular weight is 383 g/mol. The summed E-state index contributed by atoms with van der Waals surface area (Å²) in [7, 11) is 0. The van der Waals surface area contributed by atoms with E-state index in [2.05, 4.69) is 5.32 Å². The van der Waals surface area contributed by atoms with E-state index in [1.807, 2.05) is 69.3 Å². The van der Waals surface area contributed by atoms with E-state index in [0.29, 0.717) is 18.8 Å². The minimum atomic E-state index is -0.582. The van der Waals surface area contributed by atoms with Gasteiger partial charge in [-0.1, -0.05) is 49.4 Å². The fourth-order valence-electron chi connectivity index (χ4n) is 2.86. The largest absolute Gasteiger partial charge is 0.483 e. The van der Waals surface area contributed by atoms with Crippen LogP contribution in [0, 0.1) is 13.8 Å². The summed E-state index contributed by atoms with van der Waals surface area (Å²) >= 11 is 0. The highest BCUT2D eigenvalue weighted by atomic mass is 16.5. The van der Waals surface area contributed by atoms with Crippen LogP contribution in [-0.2, 0) is 16.1 Å². The highest BCUT2D eigenvalue weighted by Gasteiger charge is 2.26. The Morgan fingerprint density at radius 3 is 2.46 bits per heavy atom. The van der Waals surface area contributed by atoms with Crippen molar-refractivity contribution >= 4 is 11.8 Å². The molecule has 0 heterocycles. The summed E-state index contributed by atoms with van der Waals surface area (Å²) in [6, 6.07) is 14.9. The SMILES string of the molecule is CCCNC(=O)[C@@H](C)N(Cc1ccccc1)C(=O)COc1cccc(C)c1C. The number of benzene rings is 2. The summed E-state index contributed by atoms with van der Waals surface area (Å²) in [5, 5.41) is 2.87. The Balaban J connectivity index is 2.13. The second kappa shape index (κ2) is 10.5. The van der Waals surface area contributed by atoms with E-state index >= 15 is 0 Å². The number of hydrogen-bond donors (Lipinski definition) is 1. The van der Waals surface area contributed by atoms with E-state index in [9.17, 15) is 9.59 Å². The lowest BCUT2D eigenvalue weighted by molar-refractivity contribution is -0.142. The van der Waals surface area contributed by atoms with E-state index in [0.717, 1.165) is 23.1 Å². The Labute approximate surface area is 167 Å². The molecule has 2 aromatic carbocycles. The van der Waals surface area contributed by atoms with Gasteiger partial charge < -0.3 is 15.0 Å². The van der Waals surface area contributed by atoms with E-state index in [-0.39, 0.29) is 18.4 Å². The average Bonchev–Trinajstić information content (AvgIpc) is 2.71. The zero-order chi connectivity index (χ0) is 20.5. The lowest BCUT2D eigenvalue weighted by atomic mass is 10.1. The molecule has 0 aliphatic rings. The number of carbonyl (C=O) groups is 2. The van der Waals surface area contributed by atoms with Crippen LogP contribution in [0.2, 0.25) is 0 Å². The predicted octanol–water partition coefficient (Wildman–Crippen LogP) is 3.63. The minimum Gasteiger partial charge on any atom is -0.483 e. The zero-order valence-corrected chi connectivity index (χ0v) is 17.2. The topological polar surface area (TPSA) is 58.6 Å². The molecule has 0 bridgehead atoms. The Morgan fingerprint density at radius 2 is 1.79 bits per heavy atom. The van der Waals surface area contributed by atoms with Crippen LogP contribution >= 0.6 is 0 Å². The van der Waals surface area contributed by atoms with E-state index in [1.54, 1.807) is 11.8 Å². The number of rotatable bonds is 9. The second-order valence-electron chi connectivity index (χ2n) is 6.96. The molecule has 0 aliphatic heterocycles. The van der Waals surface area contributed by atoms with Crippen molar-refractivity contribution in [2.24, 2.45) is 0 Å². The molecular formula is C23H30N2O3. The Kier molecular flexibility index (Phi) is 8.05. The highest BCUT2D eigenvalue weighted by Crippen LogP contribution is 2.21. The number of nitrogens with zero attached hydrogens (tertiary/aromatic N) is 1. The van der Waals surface area contributed by atoms with Gasteiger partial charge in [-0.05, 0) is 49.9 Å². The van der Waals surface area contributed by atoms with Gasteiger partial charge in [0.1, 0.15) is 11.8 Å². The first kappa shape index (κ1) is 21.5. The molecule has 0 radical (unpaired) electrons. The van der Waals surface area contributed by atoms with Crippen LogP contribution in [-0.4, -0.2) is 35.9 Å². The van der Waals surface area contributed by atoms with Crippen molar-refractivity contribution in [1.82, 2.24) is 10.2 Å². The van der Waals surface area contributed by atoms with Crippen molar-refractivity contribution in [3.63, 3.8) is 0 Å². The van der Waals surface area contributed by atoms with Crippen LogP contribution in [0.5, 0.6) is 5.75 Å². The molecule has 2 rings (SSSR count). The quantitative estimate of drug-likeness (QED) is 0.721. The molecule has 1 N–H and O–H groups in total. The molecule has 150 valence electrons. The van der Waals surface area contributed by atoms with Gasteiger partial charge in [-0.3, -0.25) is 9.59 Å². The zero-order valence-electron chi connectivity index (χ0n) is 17.2. The molecule has 0 saturated heterocycles. The van der Waals surface area contributed by atoms with Crippen molar-refractivity contribution in [3.05, 3.63) is 65.2 Å². The first-order valence-corrected chi connectivity index (χ1v) is 9.74. The standard InChI is InChI=1S/C23H30N2O3/c1-5-14-24-23(27)19(4)25(15-20-11-7-6-8-12-20)22(26)16-28-21-13-9-10-17(2)18(21)3/h6-13,19H,5,14-16H2,1-4H3,(H,24,27)/t19-/m1/s1. The summed E-state index contributed by atoms with van der Waals surface area (Å²) in [5.74, 6) is 0.317. The van der Waals surface area contributed by atoms with Gasteiger partial charge in [-0.2, -0.15) is 0 Å². The Bertz CT molecular complexity index is 790. The van der Waals surface area contributed by atoms with Crippen molar-refractivity contribution in [1.29, 1.82) is 0 Å². The van der Waals surface area contributed by atoms with Crippen LogP contribution in [0.4, 0.5) is 0 Å². The van der Waals surface area contributed by atoms with Gasteiger partial charge >= 0.3 is 0 Å². The van der Waals surface area contributed by atoms with E-state index in [4.69, 9.17) is 4.74 Å². The molecule has 2 aromatic rings. The fourth-order valence-corrected chi connectivity index (χ4v) is 2.86. The summed E-state index contributed by atoms with van der Waals surface area (Å²) in [4.78, 5) is 27.0. The molecule has 0 fully saturated rings. The van der Waals surface area contributed by atoms with Crippen LogP contribution in [0.25, 0.3) is 0 Å². The molecule has 1 atom stereocenters. The third-order valence-electron chi connectivity index (χ3n) is 4.82. The summed E-state index contributed by atoms with van der Waals surface area (Å²) in [6.45, 7) is 8.57. The number of hydrogen-bond acceptors (Lipinski definition) is 3. The van der Waals surface area contributed by atoms with Crippen LogP contribution in [0.1, 0.15) is 37.0 Å². The second-order valence-corrected chi connectivity index (χ2v) is 6.96. The Morgan fingerprint density at radius 1 is 1.07 bits per heavy atom. The first-order chi connectivity index (χ1) is 13.4. The number of carbonyl (C=O) groups excluding carboxylic acids is 2. The molecule has 0 aliphatic carbocycles. The number of aryl methyl sites for hydroxylation is 1. The lowest BCUT2D eigenvalue weighted by Gasteiger charge is -2.29. The molecule has 2 amide bonds. The van der Waals surface area contributed by atoms with Crippen LogP contribution < -0.4 is 10.1 Å². The minimum absolute atomic E-state index is 0.109. The maximum Gasteiger partial charge on any atom is 0.261 e. The first-order valence-electron chi connectivity index (χ1n) is 9.74. The third-order valence-corrected chi connectivity index (χ3v) is 4.82. The number of nitrogens with one attached hydrogen (secondary N) is 1. The lowest BCUT2D eigenvalue weighted by Crippen LogP contribution is -2.49. The molecule has 5 nitrogen and oxygen atoms in total. The molecule has 0 aromatic heterocycles. The van der Waals surface area contributed by atoms with Gasteiger partial charge in [-0.15, -0.1) is 0 Å². The molecule has 28 heavy (non-hydrogen) atoms. The third kappa shape index (κ3) is 5.84. The van der Waals surface area contributed by atoms with Gasteiger partial charge in [0.2, 0.25) is 5.91 Å². The van der Waals surface area contributed by atoms with Gasteiger partial charge in [0.25, 0.3) is 5.91 Å². The molecule has 5 heteroatoms. The monoisotopic (exact) mass is 382 g/mol. The van der Waals surface area contributed by atoms with Crippen LogP contribution in [0.3, 0.4) is 0 Å². The molecule has 0 saturated carbocycles. The maximum absolute atomic E-state index is 13.0. The van der Waals surface area contributed by atoms with E-state index in [1.165, 1.54) is 0 Å². The van der Waals surface area contributed by atoms with Crippen molar-refractivity contribution < 1.29 is 14.3 Å². The summed E-state index contributed by atoms with van der Waals surface area (Å²) in [5.41, 5.74) is 3.09.